The van der Waals surface area contributed by atoms with Gasteiger partial charge < -0.3 is 9.84 Å². The second-order valence-electron chi connectivity index (χ2n) is 7.85. The zero-order valence-electron chi connectivity index (χ0n) is 14.9. The van der Waals surface area contributed by atoms with Gasteiger partial charge in [0.05, 0.1) is 5.41 Å². The third-order valence-corrected chi connectivity index (χ3v) is 6.35. The number of carbonyl (C=O) groups is 1. The highest BCUT2D eigenvalue weighted by Crippen LogP contribution is 2.44. The second kappa shape index (κ2) is 6.67. The average Bonchev–Trinajstić information content (AvgIpc) is 3.13. The molecule has 0 amide bonds. The first kappa shape index (κ1) is 16.9. The van der Waals surface area contributed by atoms with Gasteiger partial charge in [0.2, 0.25) is 0 Å². The number of likely N-dealkylation sites (tertiary alicyclic amines) is 2. The molecule has 3 saturated heterocycles. The van der Waals surface area contributed by atoms with E-state index in [1.807, 2.05) is 19.2 Å². The number of fused-ring (bicyclic) bond motifs is 1. The largest absolute Gasteiger partial charge is 0.481 e. The van der Waals surface area contributed by atoms with Crippen LogP contribution in [0.3, 0.4) is 0 Å². The summed E-state index contributed by atoms with van der Waals surface area (Å²) in [5.74, 6) is -0.415. The fourth-order valence-electron chi connectivity index (χ4n) is 4.89. The van der Waals surface area contributed by atoms with Crippen molar-refractivity contribution in [1.29, 1.82) is 0 Å². The summed E-state index contributed by atoms with van der Waals surface area (Å²) in [5.41, 5.74) is 1.62. The lowest BCUT2D eigenvalue weighted by molar-refractivity contribution is -0.149. The molecule has 25 heavy (non-hydrogen) atoms. The van der Waals surface area contributed by atoms with E-state index in [-0.39, 0.29) is 5.92 Å². The highest BCUT2D eigenvalue weighted by atomic mass is 16.5. The molecule has 0 aliphatic carbocycles. The Morgan fingerprint density at radius 1 is 1.36 bits per heavy atom. The molecule has 3 aliphatic heterocycles. The molecule has 0 unspecified atom stereocenters. The highest BCUT2D eigenvalue weighted by molar-refractivity contribution is 5.77. The van der Waals surface area contributed by atoms with Gasteiger partial charge in [-0.15, -0.1) is 0 Å². The minimum Gasteiger partial charge on any atom is -0.481 e. The van der Waals surface area contributed by atoms with Crippen molar-refractivity contribution in [3.63, 3.8) is 0 Å². The van der Waals surface area contributed by atoms with Crippen molar-refractivity contribution in [3.8, 4) is 0 Å². The van der Waals surface area contributed by atoms with Gasteiger partial charge in [-0.05, 0) is 31.4 Å². The molecule has 2 atom stereocenters. The molecule has 0 spiro atoms. The summed E-state index contributed by atoms with van der Waals surface area (Å²) in [4.78, 5) is 21.3. The first-order valence-corrected chi connectivity index (χ1v) is 9.26. The maximum Gasteiger partial charge on any atom is 0.312 e. The molecule has 0 aromatic carbocycles. The van der Waals surface area contributed by atoms with E-state index in [4.69, 9.17) is 4.74 Å². The first-order valence-electron chi connectivity index (χ1n) is 9.26. The lowest BCUT2D eigenvalue weighted by atomic mass is 9.81. The maximum absolute atomic E-state index is 12.2. The van der Waals surface area contributed by atoms with E-state index in [0.29, 0.717) is 19.1 Å². The summed E-state index contributed by atoms with van der Waals surface area (Å²) >= 11 is 0. The number of aryl methyl sites for hydroxylation is 1. The highest BCUT2D eigenvalue weighted by Gasteiger charge is 2.58. The van der Waals surface area contributed by atoms with E-state index in [9.17, 15) is 9.90 Å². The molecule has 6 heteroatoms. The van der Waals surface area contributed by atoms with Crippen LogP contribution in [0.25, 0.3) is 0 Å². The maximum atomic E-state index is 12.2. The second-order valence-corrected chi connectivity index (χ2v) is 7.85. The number of nitrogens with zero attached hydrogens (tertiary/aromatic N) is 3. The van der Waals surface area contributed by atoms with Crippen molar-refractivity contribution in [1.82, 2.24) is 14.8 Å². The smallest absolute Gasteiger partial charge is 0.312 e. The molecule has 0 radical (unpaired) electrons. The summed E-state index contributed by atoms with van der Waals surface area (Å²) in [6.45, 7) is 7.51. The van der Waals surface area contributed by atoms with Gasteiger partial charge in [-0.3, -0.25) is 19.6 Å². The number of ether oxygens (including phenoxy) is 1. The topological polar surface area (TPSA) is 65.9 Å². The van der Waals surface area contributed by atoms with Crippen molar-refractivity contribution in [3.05, 3.63) is 29.6 Å². The third-order valence-electron chi connectivity index (χ3n) is 6.35. The Bertz CT molecular complexity index is 647. The van der Waals surface area contributed by atoms with E-state index in [0.717, 1.165) is 51.4 Å². The van der Waals surface area contributed by atoms with Crippen LogP contribution in [0.4, 0.5) is 0 Å². The van der Waals surface area contributed by atoms with Crippen LogP contribution in [0.15, 0.2) is 18.3 Å². The minimum absolute atomic E-state index is 0.213. The number of carboxylic acid groups (broad SMARTS) is 1. The molecule has 3 aliphatic rings. The van der Waals surface area contributed by atoms with E-state index in [1.165, 1.54) is 5.56 Å². The zero-order chi connectivity index (χ0) is 17.4. The van der Waals surface area contributed by atoms with Gasteiger partial charge in [-0.25, -0.2) is 0 Å². The fourth-order valence-corrected chi connectivity index (χ4v) is 4.89. The monoisotopic (exact) mass is 345 g/mol. The standard InChI is InChI=1S/C19H27N3O3/c1-14-15(3-2-6-20-14)9-21-10-16-11-22(17-4-7-25-8-5-17)13-19(16,12-21)18(23)24/h2-3,6,16-17H,4-5,7-13H2,1H3,(H,23,24)/t16-,19-/m0/s1. The molecule has 136 valence electrons. The number of rotatable bonds is 4. The Balaban J connectivity index is 1.47. The molecule has 6 nitrogen and oxygen atoms in total. The van der Waals surface area contributed by atoms with E-state index in [1.54, 1.807) is 0 Å². The van der Waals surface area contributed by atoms with Crippen LogP contribution >= 0.6 is 0 Å². The lowest BCUT2D eigenvalue weighted by Crippen LogP contribution is -2.44. The lowest BCUT2D eigenvalue weighted by Gasteiger charge is -2.33. The molecule has 1 aromatic rings. The Morgan fingerprint density at radius 2 is 2.16 bits per heavy atom. The quantitative estimate of drug-likeness (QED) is 0.890. The van der Waals surface area contributed by atoms with Crippen LogP contribution in [-0.2, 0) is 16.1 Å². The molecule has 1 N–H and O–H groups in total. The van der Waals surface area contributed by atoms with Crippen LogP contribution in [0, 0.1) is 18.3 Å². The Labute approximate surface area is 148 Å². The Hall–Kier alpha value is -1.50. The summed E-state index contributed by atoms with van der Waals surface area (Å²) in [7, 11) is 0. The van der Waals surface area contributed by atoms with Crippen molar-refractivity contribution in [2.24, 2.45) is 11.3 Å². The number of aliphatic carboxylic acids is 1. The Morgan fingerprint density at radius 3 is 2.84 bits per heavy atom. The van der Waals surface area contributed by atoms with Crippen molar-refractivity contribution in [2.45, 2.75) is 32.4 Å². The van der Waals surface area contributed by atoms with Crippen molar-refractivity contribution < 1.29 is 14.6 Å². The van der Waals surface area contributed by atoms with Gasteiger partial charge in [-0.1, -0.05) is 6.07 Å². The fraction of sp³-hybridized carbons (Fsp3) is 0.684. The van der Waals surface area contributed by atoms with Crippen LogP contribution in [0.5, 0.6) is 0 Å². The SMILES string of the molecule is Cc1ncccc1CN1C[C@H]2CN(C3CCOCC3)C[C@@]2(C(=O)O)C1. The van der Waals surface area contributed by atoms with Crippen molar-refractivity contribution in [2.75, 3.05) is 39.4 Å². The van der Waals surface area contributed by atoms with Gasteiger partial charge in [0.25, 0.3) is 0 Å². The molecule has 3 fully saturated rings. The van der Waals surface area contributed by atoms with Crippen LogP contribution in [0.2, 0.25) is 0 Å². The Kier molecular flexibility index (Phi) is 4.52. The molecule has 4 heterocycles. The molecular weight excluding hydrogens is 318 g/mol. The minimum atomic E-state index is -0.627. The summed E-state index contributed by atoms with van der Waals surface area (Å²) in [6.07, 6.45) is 3.87. The average molecular weight is 345 g/mol. The number of carboxylic acids is 1. The number of hydrogen-bond donors (Lipinski definition) is 1. The van der Waals surface area contributed by atoms with Crippen LogP contribution < -0.4 is 0 Å². The predicted octanol–water partition coefficient (Wildman–Crippen LogP) is 1.39. The van der Waals surface area contributed by atoms with Crippen LogP contribution in [-0.4, -0.2) is 71.3 Å². The zero-order valence-corrected chi connectivity index (χ0v) is 14.9. The number of pyridine rings is 1. The molecule has 4 rings (SSSR count). The first-order chi connectivity index (χ1) is 12.1. The summed E-state index contributed by atoms with van der Waals surface area (Å²) in [6, 6.07) is 4.54. The molecule has 0 bridgehead atoms. The van der Waals surface area contributed by atoms with Crippen molar-refractivity contribution >= 4 is 5.97 Å². The van der Waals surface area contributed by atoms with E-state index in [2.05, 4.69) is 20.9 Å². The van der Waals surface area contributed by atoms with E-state index >= 15 is 0 Å². The predicted molar refractivity (Wildman–Crippen MR) is 93.2 cm³/mol. The van der Waals surface area contributed by atoms with Crippen LogP contribution in [0.1, 0.15) is 24.1 Å². The van der Waals surface area contributed by atoms with Gasteiger partial charge in [0, 0.05) is 69.8 Å². The third kappa shape index (κ3) is 3.07. The molecule has 0 saturated carbocycles. The molecular formula is C19H27N3O3. The normalized spacial score (nSPS) is 31.3. The summed E-state index contributed by atoms with van der Waals surface area (Å²) < 4.78 is 5.46. The van der Waals surface area contributed by atoms with E-state index < -0.39 is 11.4 Å². The number of aromatic nitrogens is 1. The number of hydrogen-bond acceptors (Lipinski definition) is 5. The van der Waals surface area contributed by atoms with Gasteiger partial charge in [0.15, 0.2) is 0 Å². The van der Waals surface area contributed by atoms with Gasteiger partial charge in [0.1, 0.15) is 0 Å². The molecule has 1 aromatic heterocycles. The van der Waals surface area contributed by atoms with Gasteiger partial charge >= 0.3 is 5.97 Å². The summed E-state index contributed by atoms with van der Waals surface area (Å²) in [5, 5.41) is 10.0. The van der Waals surface area contributed by atoms with Gasteiger partial charge in [-0.2, -0.15) is 0 Å².